The molecule has 0 unspecified atom stereocenters. The molecule has 0 saturated heterocycles. The zero-order valence-electron chi connectivity index (χ0n) is 17.4. The van der Waals surface area contributed by atoms with Crippen LogP contribution in [0.1, 0.15) is 38.9 Å². The number of hydrogen-bond acceptors (Lipinski definition) is 5. The summed E-state index contributed by atoms with van der Waals surface area (Å²) in [6, 6.07) is 23.2. The Bertz CT molecular complexity index is 1310. The molecule has 6 nitrogen and oxygen atoms in total. The summed E-state index contributed by atoms with van der Waals surface area (Å²) in [5.41, 5.74) is 3.43. The molecule has 0 bridgehead atoms. The molecule has 1 aromatic heterocycles. The van der Waals surface area contributed by atoms with Crippen LogP contribution in [0.15, 0.2) is 83.4 Å². The van der Waals surface area contributed by atoms with Gasteiger partial charge in [-0.15, -0.1) is 0 Å². The van der Waals surface area contributed by atoms with E-state index in [1.165, 1.54) is 0 Å². The highest BCUT2D eigenvalue weighted by atomic mass is 16.5. The number of rotatable bonds is 5. The zero-order chi connectivity index (χ0) is 22.1. The molecule has 0 fully saturated rings. The largest absolute Gasteiger partial charge is 0.490 e. The molecule has 0 aliphatic carbocycles. The minimum atomic E-state index is -0.452. The number of benzene rings is 3. The topological polar surface area (TPSA) is 81.4 Å². The lowest BCUT2D eigenvalue weighted by atomic mass is 10.0. The Morgan fingerprint density at radius 3 is 2.59 bits per heavy atom. The second-order valence-corrected chi connectivity index (χ2v) is 7.73. The van der Waals surface area contributed by atoms with Gasteiger partial charge < -0.3 is 14.6 Å². The van der Waals surface area contributed by atoms with Crippen molar-refractivity contribution in [2.45, 2.75) is 19.4 Å². The molecule has 2 heterocycles. The molecule has 5 rings (SSSR count). The Morgan fingerprint density at radius 1 is 0.969 bits per heavy atom. The first kappa shape index (κ1) is 19.8. The van der Waals surface area contributed by atoms with Gasteiger partial charge in [-0.05, 0) is 42.8 Å². The maximum Gasteiger partial charge on any atom is 0.277 e. The van der Waals surface area contributed by atoms with Crippen LogP contribution in [-0.2, 0) is 6.42 Å². The number of ether oxygens (including phenoxy) is 1. The van der Waals surface area contributed by atoms with Crippen molar-refractivity contribution in [1.29, 1.82) is 0 Å². The van der Waals surface area contributed by atoms with E-state index in [-0.39, 0.29) is 17.6 Å². The molecule has 0 radical (unpaired) electrons. The van der Waals surface area contributed by atoms with Crippen molar-refractivity contribution in [3.8, 4) is 17.1 Å². The molecule has 1 N–H and O–H groups in total. The standard InChI is InChI=1S/C26H20N2O4/c1-16-13-19-14-18(11-12-23(19)31-16)24-15-22(28-32-24)26(30)27-21-10-6-5-9-20(21)25(29)17-7-3-2-4-8-17/h2-12,14-16H,13H2,1H3,(H,27,30)/t16-/m0/s1. The summed E-state index contributed by atoms with van der Waals surface area (Å²) >= 11 is 0. The van der Waals surface area contributed by atoms with E-state index >= 15 is 0 Å². The number of fused-ring (bicyclic) bond motifs is 1. The molecule has 1 amide bonds. The molecule has 6 heteroatoms. The van der Waals surface area contributed by atoms with Crippen LogP contribution in [-0.4, -0.2) is 23.0 Å². The summed E-state index contributed by atoms with van der Waals surface area (Å²) in [6.45, 7) is 2.02. The third-order valence-corrected chi connectivity index (χ3v) is 5.38. The Morgan fingerprint density at radius 2 is 1.75 bits per heavy atom. The van der Waals surface area contributed by atoms with Crippen LogP contribution in [0.4, 0.5) is 5.69 Å². The molecule has 1 aliphatic heterocycles. The highest BCUT2D eigenvalue weighted by Crippen LogP contribution is 2.33. The maximum absolute atomic E-state index is 12.9. The molecule has 0 saturated carbocycles. The Kier molecular flexibility index (Phi) is 5.03. The first-order valence-electron chi connectivity index (χ1n) is 10.4. The van der Waals surface area contributed by atoms with E-state index in [2.05, 4.69) is 10.5 Å². The average molecular weight is 424 g/mol. The highest BCUT2D eigenvalue weighted by Gasteiger charge is 2.22. The molecular formula is C26H20N2O4. The van der Waals surface area contributed by atoms with Crippen LogP contribution in [0.5, 0.6) is 5.75 Å². The van der Waals surface area contributed by atoms with Crippen LogP contribution in [0.2, 0.25) is 0 Å². The van der Waals surface area contributed by atoms with E-state index < -0.39 is 5.91 Å². The van der Waals surface area contributed by atoms with Gasteiger partial charge in [0.2, 0.25) is 0 Å². The van der Waals surface area contributed by atoms with Crippen LogP contribution in [0.3, 0.4) is 0 Å². The number of carbonyl (C=O) groups is 2. The number of nitrogens with zero attached hydrogens (tertiary/aromatic N) is 1. The fourth-order valence-electron chi connectivity index (χ4n) is 3.82. The van der Waals surface area contributed by atoms with Gasteiger partial charge in [0.15, 0.2) is 17.2 Å². The number of anilines is 1. The lowest BCUT2D eigenvalue weighted by Gasteiger charge is -2.09. The van der Waals surface area contributed by atoms with Crippen molar-refractivity contribution in [2.24, 2.45) is 0 Å². The predicted molar refractivity (Wildman–Crippen MR) is 120 cm³/mol. The van der Waals surface area contributed by atoms with E-state index in [0.717, 1.165) is 23.3 Å². The molecule has 0 spiro atoms. The van der Waals surface area contributed by atoms with Crippen LogP contribution in [0.25, 0.3) is 11.3 Å². The van der Waals surface area contributed by atoms with Gasteiger partial charge >= 0.3 is 0 Å². The van der Waals surface area contributed by atoms with Crippen LogP contribution in [0, 0.1) is 0 Å². The normalized spacial score (nSPS) is 14.5. The lowest BCUT2D eigenvalue weighted by molar-refractivity contribution is 0.101. The number of amides is 1. The van der Waals surface area contributed by atoms with Crippen LogP contribution < -0.4 is 10.1 Å². The van der Waals surface area contributed by atoms with Gasteiger partial charge in [0, 0.05) is 29.2 Å². The zero-order valence-corrected chi connectivity index (χ0v) is 17.4. The van der Waals surface area contributed by atoms with Crippen molar-refractivity contribution in [3.63, 3.8) is 0 Å². The number of carbonyl (C=O) groups excluding carboxylic acids is 2. The SMILES string of the molecule is C[C@H]1Cc2cc(-c3cc(C(=O)Nc4ccccc4C(=O)c4ccccc4)no3)ccc2O1. The fourth-order valence-corrected chi connectivity index (χ4v) is 3.82. The van der Waals surface area contributed by atoms with Crippen molar-refractivity contribution in [1.82, 2.24) is 5.16 Å². The van der Waals surface area contributed by atoms with Gasteiger partial charge in [0.1, 0.15) is 11.9 Å². The number of ketones is 1. The summed E-state index contributed by atoms with van der Waals surface area (Å²) in [5.74, 6) is 0.743. The van der Waals surface area contributed by atoms with E-state index in [9.17, 15) is 9.59 Å². The molecule has 1 aliphatic rings. The quantitative estimate of drug-likeness (QED) is 0.448. The third-order valence-electron chi connectivity index (χ3n) is 5.38. The predicted octanol–water partition coefficient (Wildman–Crippen LogP) is 5.15. The summed E-state index contributed by atoms with van der Waals surface area (Å²) in [6.07, 6.45) is 0.978. The maximum atomic E-state index is 12.9. The highest BCUT2D eigenvalue weighted by molar-refractivity contribution is 6.15. The summed E-state index contributed by atoms with van der Waals surface area (Å²) in [4.78, 5) is 25.7. The summed E-state index contributed by atoms with van der Waals surface area (Å²) in [5, 5.41) is 6.71. The number of hydrogen-bond donors (Lipinski definition) is 1. The van der Waals surface area contributed by atoms with E-state index in [1.54, 1.807) is 54.6 Å². The first-order valence-corrected chi connectivity index (χ1v) is 10.4. The Balaban J connectivity index is 1.37. The summed E-state index contributed by atoms with van der Waals surface area (Å²) in [7, 11) is 0. The second kappa shape index (κ2) is 8.15. The number of nitrogens with one attached hydrogen (secondary N) is 1. The van der Waals surface area contributed by atoms with Crippen molar-refractivity contribution in [2.75, 3.05) is 5.32 Å². The van der Waals surface area contributed by atoms with Crippen molar-refractivity contribution >= 4 is 17.4 Å². The third kappa shape index (κ3) is 3.78. The minimum Gasteiger partial charge on any atom is -0.490 e. The van der Waals surface area contributed by atoms with Gasteiger partial charge in [-0.25, -0.2) is 0 Å². The van der Waals surface area contributed by atoms with Crippen LogP contribution >= 0.6 is 0 Å². The molecule has 4 aromatic rings. The second-order valence-electron chi connectivity index (χ2n) is 7.73. The van der Waals surface area contributed by atoms with Crippen molar-refractivity contribution < 1.29 is 18.8 Å². The Labute approximate surface area is 184 Å². The van der Waals surface area contributed by atoms with Gasteiger partial charge in [0.25, 0.3) is 5.91 Å². The minimum absolute atomic E-state index is 0.132. The summed E-state index contributed by atoms with van der Waals surface area (Å²) < 4.78 is 11.2. The van der Waals surface area contributed by atoms with Gasteiger partial charge in [-0.2, -0.15) is 0 Å². The van der Waals surface area contributed by atoms with E-state index in [0.29, 0.717) is 22.6 Å². The molecule has 158 valence electrons. The average Bonchev–Trinajstić information content (AvgIpc) is 3.45. The van der Waals surface area contributed by atoms with Gasteiger partial charge in [-0.1, -0.05) is 47.6 Å². The molecule has 3 aromatic carbocycles. The van der Waals surface area contributed by atoms with Crippen molar-refractivity contribution in [3.05, 3.63) is 101 Å². The van der Waals surface area contributed by atoms with E-state index in [1.807, 2.05) is 31.2 Å². The lowest BCUT2D eigenvalue weighted by Crippen LogP contribution is -2.15. The Hall–Kier alpha value is -4.19. The first-order chi connectivity index (χ1) is 15.6. The van der Waals surface area contributed by atoms with E-state index in [4.69, 9.17) is 9.26 Å². The molecule has 32 heavy (non-hydrogen) atoms. The monoisotopic (exact) mass is 424 g/mol. The number of aromatic nitrogens is 1. The smallest absolute Gasteiger partial charge is 0.277 e. The molecule has 1 atom stereocenters. The fraction of sp³-hybridized carbons (Fsp3) is 0.115. The van der Waals surface area contributed by atoms with Gasteiger partial charge in [-0.3, -0.25) is 9.59 Å². The molecular weight excluding hydrogens is 404 g/mol. The number of para-hydroxylation sites is 1. The van der Waals surface area contributed by atoms with Gasteiger partial charge in [0.05, 0.1) is 5.69 Å².